The zero-order chi connectivity index (χ0) is 11.3. The van der Waals surface area contributed by atoms with Gasteiger partial charge in [-0.3, -0.25) is 0 Å². The average Bonchev–Trinajstić information content (AvgIpc) is 2.26. The second kappa shape index (κ2) is 5.73. The molecule has 0 spiro atoms. The molecule has 0 fully saturated rings. The maximum Gasteiger partial charge on any atom is 0.338 e. The van der Waals surface area contributed by atoms with Gasteiger partial charge in [0.1, 0.15) is 6.61 Å². The molecule has 0 saturated heterocycles. The zero-order valence-electron chi connectivity index (χ0n) is 8.44. The number of aryl methyl sites for hydroxylation is 1. The molecule has 3 nitrogen and oxygen atoms in total. The standard InChI is InChI=1S/C11H13ClO3/c1-8-4-2-3-5-10(8)11(14)15-7-9(12)6-13/h2-5,9,13H,6-7H2,1H3. The molecule has 1 N–H and O–H groups in total. The predicted octanol–water partition coefficient (Wildman–Crippen LogP) is 1.75. The van der Waals surface area contributed by atoms with Crippen molar-refractivity contribution in [2.45, 2.75) is 12.3 Å². The molecule has 0 saturated carbocycles. The van der Waals surface area contributed by atoms with Gasteiger partial charge in [0.05, 0.1) is 17.5 Å². The Labute approximate surface area is 93.6 Å². The molecule has 1 rings (SSSR count). The maximum absolute atomic E-state index is 11.5. The fourth-order valence-corrected chi connectivity index (χ4v) is 1.16. The van der Waals surface area contributed by atoms with Gasteiger partial charge in [-0.25, -0.2) is 4.79 Å². The van der Waals surface area contributed by atoms with E-state index in [0.29, 0.717) is 5.56 Å². The number of rotatable bonds is 4. The number of ether oxygens (including phenoxy) is 1. The van der Waals surface area contributed by atoms with E-state index in [4.69, 9.17) is 21.4 Å². The number of aliphatic hydroxyl groups is 1. The van der Waals surface area contributed by atoms with Crippen molar-refractivity contribution in [3.63, 3.8) is 0 Å². The topological polar surface area (TPSA) is 46.5 Å². The molecule has 4 heteroatoms. The Morgan fingerprint density at radius 3 is 2.80 bits per heavy atom. The van der Waals surface area contributed by atoms with E-state index in [1.165, 1.54) is 0 Å². The molecule has 82 valence electrons. The lowest BCUT2D eigenvalue weighted by atomic mass is 10.1. The number of carbonyl (C=O) groups is 1. The number of hydrogen-bond donors (Lipinski definition) is 1. The van der Waals surface area contributed by atoms with Crippen molar-refractivity contribution in [2.24, 2.45) is 0 Å². The van der Waals surface area contributed by atoms with Gasteiger partial charge in [0.15, 0.2) is 0 Å². The molecule has 1 unspecified atom stereocenters. The van der Waals surface area contributed by atoms with Gasteiger partial charge in [-0.15, -0.1) is 11.6 Å². The summed E-state index contributed by atoms with van der Waals surface area (Å²) in [5.74, 6) is -0.410. The Morgan fingerprint density at radius 1 is 1.53 bits per heavy atom. The molecule has 0 aromatic heterocycles. The number of hydrogen-bond acceptors (Lipinski definition) is 3. The fourth-order valence-electron chi connectivity index (χ4n) is 1.10. The fraction of sp³-hybridized carbons (Fsp3) is 0.364. The van der Waals surface area contributed by atoms with Gasteiger partial charge in [0, 0.05) is 0 Å². The van der Waals surface area contributed by atoms with Gasteiger partial charge in [-0.1, -0.05) is 18.2 Å². The minimum Gasteiger partial charge on any atom is -0.460 e. The predicted molar refractivity (Wildman–Crippen MR) is 58.2 cm³/mol. The van der Waals surface area contributed by atoms with Gasteiger partial charge in [0.25, 0.3) is 0 Å². The largest absolute Gasteiger partial charge is 0.460 e. The molecule has 0 amide bonds. The molecule has 0 aliphatic heterocycles. The summed E-state index contributed by atoms with van der Waals surface area (Å²) < 4.78 is 4.93. The number of benzene rings is 1. The molecule has 1 aromatic rings. The summed E-state index contributed by atoms with van der Waals surface area (Å²) in [6.07, 6.45) is 0. The first-order chi connectivity index (χ1) is 7.15. The third-order valence-electron chi connectivity index (χ3n) is 1.96. The highest BCUT2D eigenvalue weighted by Gasteiger charge is 2.11. The van der Waals surface area contributed by atoms with Crippen LogP contribution < -0.4 is 0 Å². The summed E-state index contributed by atoms with van der Waals surface area (Å²) >= 11 is 5.61. The van der Waals surface area contributed by atoms with Crippen molar-refractivity contribution in [1.29, 1.82) is 0 Å². The van der Waals surface area contributed by atoms with Crippen molar-refractivity contribution in [3.05, 3.63) is 35.4 Å². The number of aliphatic hydroxyl groups excluding tert-OH is 1. The number of esters is 1. The number of halogens is 1. The molecular weight excluding hydrogens is 216 g/mol. The minimum atomic E-state index is -0.544. The van der Waals surface area contributed by atoms with Crippen LogP contribution >= 0.6 is 11.6 Å². The summed E-state index contributed by atoms with van der Waals surface area (Å²) in [6, 6.07) is 7.15. The highest BCUT2D eigenvalue weighted by Crippen LogP contribution is 2.09. The lowest BCUT2D eigenvalue weighted by molar-refractivity contribution is 0.0486. The van der Waals surface area contributed by atoms with E-state index in [1.54, 1.807) is 12.1 Å². The van der Waals surface area contributed by atoms with Crippen molar-refractivity contribution >= 4 is 17.6 Å². The van der Waals surface area contributed by atoms with Gasteiger partial charge in [0.2, 0.25) is 0 Å². The van der Waals surface area contributed by atoms with Crippen LogP contribution in [0.15, 0.2) is 24.3 Å². The Balaban J connectivity index is 2.58. The number of alkyl halides is 1. The van der Waals surface area contributed by atoms with E-state index in [2.05, 4.69) is 0 Å². The van der Waals surface area contributed by atoms with E-state index >= 15 is 0 Å². The molecule has 0 bridgehead atoms. The molecule has 0 aliphatic rings. The third kappa shape index (κ3) is 3.53. The van der Waals surface area contributed by atoms with Crippen molar-refractivity contribution in [2.75, 3.05) is 13.2 Å². The molecule has 1 atom stereocenters. The summed E-state index contributed by atoms with van der Waals surface area (Å²) in [4.78, 5) is 11.5. The Hall–Kier alpha value is -1.06. The van der Waals surface area contributed by atoms with Gasteiger partial charge in [-0.2, -0.15) is 0 Å². The van der Waals surface area contributed by atoms with Crippen LogP contribution in [-0.4, -0.2) is 29.7 Å². The van der Waals surface area contributed by atoms with Gasteiger partial charge < -0.3 is 9.84 Å². The summed E-state index contributed by atoms with van der Waals surface area (Å²) in [7, 11) is 0. The quantitative estimate of drug-likeness (QED) is 0.631. The highest BCUT2D eigenvalue weighted by molar-refractivity contribution is 6.20. The maximum atomic E-state index is 11.5. The highest BCUT2D eigenvalue weighted by atomic mass is 35.5. The molecule has 0 radical (unpaired) electrons. The Bertz CT molecular complexity index is 338. The van der Waals surface area contributed by atoms with Crippen molar-refractivity contribution in [3.8, 4) is 0 Å². The van der Waals surface area contributed by atoms with Crippen LogP contribution in [0, 0.1) is 6.92 Å². The summed E-state index contributed by atoms with van der Waals surface area (Å²) in [6.45, 7) is 1.65. The van der Waals surface area contributed by atoms with E-state index in [9.17, 15) is 4.79 Å². The van der Waals surface area contributed by atoms with Crippen LogP contribution in [0.25, 0.3) is 0 Å². The smallest absolute Gasteiger partial charge is 0.338 e. The van der Waals surface area contributed by atoms with Gasteiger partial charge in [-0.05, 0) is 18.6 Å². The second-order valence-corrected chi connectivity index (χ2v) is 3.81. The SMILES string of the molecule is Cc1ccccc1C(=O)OCC(Cl)CO. The van der Waals surface area contributed by atoms with Gasteiger partial charge >= 0.3 is 5.97 Å². The second-order valence-electron chi connectivity index (χ2n) is 3.19. The van der Waals surface area contributed by atoms with E-state index in [1.807, 2.05) is 19.1 Å². The first-order valence-electron chi connectivity index (χ1n) is 4.63. The number of carbonyl (C=O) groups excluding carboxylic acids is 1. The zero-order valence-corrected chi connectivity index (χ0v) is 9.20. The lowest BCUT2D eigenvalue weighted by Crippen LogP contribution is -2.17. The van der Waals surface area contributed by atoms with Crippen LogP contribution in [0.4, 0.5) is 0 Å². The van der Waals surface area contributed by atoms with Crippen LogP contribution in [0.2, 0.25) is 0 Å². The molecule has 15 heavy (non-hydrogen) atoms. The first kappa shape index (κ1) is 12.0. The Morgan fingerprint density at radius 2 is 2.20 bits per heavy atom. The molecule has 0 heterocycles. The monoisotopic (exact) mass is 228 g/mol. The average molecular weight is 229 g/mol. The van der Waals surface area contributed by atoms with Crippen LogP contribution in [0.5, 0.6) is 0 Å². The van der Waals surface area contributed by atoms with Crippen LogP contribution in [0.1, 0.15) is 15.9 Å². The van der Waals surface area contributed by atoms with Crippen molar-refractivity contribution in [1.82, 2.24) is 0 Å². The Kier molecular flexibility index (Phi) is 4.59. The van der Waals surface area contributed by atoms with E-state index < -0.39 is 11.3 Å². The van der Waals surface area contributed by atoms with Crippen molar-refractivity contribution < 1.29 is 14.6 Å². The van der Waals surface area contributed by atoms with E-state index in [-0.39, 0.29) is 13.2 Å². The minimum absolute atomic E-state index is 0.0191. The first-order valence-corrected chi connectivity index (χ1v) is 5.06. The van der Waals surface area contributed by atoms with Crippen LogP contribution in [-0.2, 0) is 4.74 Å². The summed E-state index contributed by atoms with van der Waals surface area (Å²) in [5, 5.41) is 8.11. The third-order valence-corrected chi connectivity index (χ3v) is 2.22. The van der Waals surface area contributed by atoms with Crippen LogP contribution in [0.3, 0.4) is 0 Å². The molecular formula is C11H13ClO3. The van der Waals surface area contributed by atoms with E-state index in [0.717, 1.165) is 5.56 Å². The summed E-state index contributed by atoms with van der Waals surface area (Å²) in [5.41, 5.74) is 1.39. The molecule has 1 aromatic carbocycles. The lowest BCUT2D eigenvalue weighted by Gasteiger charge is -2.08. The molecule has 0 aliphatic carbocycles. The normalized spacial score (nSPS) is 12.2.